The van der Waals surface area contributed by atoms with E-state index in [1.165, 1.54) is 18.4 Å². The highest BCUT2D eigenvalue weighted by Gasteiger charge is 2.18. The van der Waals surface area contributed by atoms with Gasteiger partial charge in [0.2, 0.25) is 5.91 Å². The molecule has 1 aromatic heterocycles. The van der Waals surface area contributed by atoms with Gasteiger partial charge in [0.15, 0.2) is 5.01 Å². The van der Waals surface area contributed by atoms with E-state index in [1.54, 1.807) is 6.92 Å². The molecule has 5 nitrogen and oxygen atoms in total. The number of halogens is 1. The van der Waals surface area contributed by atoms with Gasteiger partial charge in [-0.1, -0.05) is 28.1 Å². The Morgan fingerprint density at radius 3 is 2.57 bits per heavy atom. The average molecular weight is 368 g/mol. The number of carbonyl (C=O) groups is 2. The van der Waals surface area contributed by atoms with Crippen LogP contribution in [-0.2, 0) is 4.79 Å². The summed E-state index contributed by atoms with van der Waals surface area (Å²) in [5.74, 6) is -0.590. The number of rotatable bonds is 4. The first-order valence-electron chi connectivity index (χ1n) is 6.25. The number of nitrogens with one attached hydrogen (secondary N) is 2. The minimum absolute atomic E-state index is 0.243. The normalized spacial score (nSPS) is 11.8. The Hall–Kier alpha value is -1.73. The van der Waals surface area contributed by atoms with E-state index in [1.807, 2.05) is 29.6 Å². The van der Waals surface area contributed by atoms with Crippen LogP contribution in [0.2, 0.25) is 0 Å². The molecular weight excluding hydrogens is 354 g/mol. The predicted octanol–water partition coefficient (Wildman–Crippen LogP) is 2.44. The molecule has 0 aliphatic carbocycles. The zero-order chi connectivity index (χ0) is 15.4. The Morgan fingerprint density at radius 1 is 1.29 bits per heavy atom. The van der Waals surface area contributed by atoms with Crippen molar-refractivity contribution in [3.63, 3.8) is 0 Å². The van der Waals surface area contributed by atoms with E-state index >= 15 is 0 Å². The molecule has 0 saturated carbocycles. The molecule has 2 N–H and O–H groups in total. The van der Waals surface area contributed by atoms with Gasteiger partial charge in [0.25, 0.3) is 5.91 Å². The first-order chi connectivity index (χ1) is 10.0. The van der Waals surface area contributed by atoms with Gasteiger partial charge in [-0.15, -0.1) is 11.3 Å². The van der Waals surface area contributed by atoms with Crippen molar-refractivity contribution < 1.29 is 9.59 Å². The third-order valence-electron chi connectivity index (χ3n) is 2.83. The molecule has 1 heterocycles. The summed E-state index contributed by atoms with van der Waals surface area (Å²) in [4.78, 5) is 27.7. The molecule has 110 valence electrons. The topological polar surface area (TPSA) is 71.1 Å². The standard InChI is InChI=1S/C14H14BrN3O2S/c1-8(12(19)16-2)17-13(20)14-18-11(7-21-14)9-3-5-10(15)6-4-9/h3-8H,1-2H3,(H,16,19)(H,17,20)/t8-/m0/s1. The van der Waals surface area contributed by atoms with Gasteiger partial charge in [0.05, 0.1) is 5.69 Å². The Morgan fingerprint density at radius 2 is 1.95 bits per heavy atom. The van der Waals surface area contributed by atoms with Crippen molar-refractivity contribution in [1.29, 1.82) is 0 Å². The molecule has 0 radical (unpaired) electrons. The van der Waals surface area contributed by atoms with Crippen molar-refractivity contribution in [2.45, 2.75) is 13.0 Å². The number of nitrogens with zero attached hydrogens (tertiary/aromatic N) is 1. The number of thiazole rings is 1. The Balaban J connectivity index is 2.10. The van der Waals surface area contributed by atoms with E-state index in [-0.39, 0.29) is 11.8 Å². The Kier molecular flexibility index (Phi) is 5.08. The molecule has 7 heteroatoms. The highest BCUT2D eigenvalue weighted by Crippen LogP contribution is 2.23. The number of benzene rings is 1. The third kappa shape index (κ3) is 3.89. The van der Waals surface area contributed by atoms with E-state index in [2.05, 4.69) is 31.5 Å². The zero-order valence-electron chi connectivity index (χ0n) is 11.5. The molecule has 1 aromatic carbocycles. The molecule has 2 aromatic rings. The molecule has 2 rings (SSSR count). The molecule has 2 amide bonds. The van der Waals surface area contributed by atoms with E-state index in [9.17, 15) is 9.59 Å². The highest BCUT2D eigenvalue weighted by molar-refractivity contribution is 9.10. The van der Waals surface area contributed by atoms with Crippen molar-refractivity contribution in [1.82, 2.24) is 15.6 Å². The molecule has 0 aliphatic rings. The lowest BCUT2D eigenvalue weighted by Crippen LogP contribution is -2.43. The number of hydrogen-bond donors (Lipinski definition) is 2. The van der Waals surface area contributed by atoms with Crippen molar-refractivity contribution >= 4 is 39.1 Å². The van der Waals surface area contributed by atoms with Crippen LogP contribution in [0.1, 0.15) is 16.7 Å². The molecule has 0 spiro atoms. The zero-order valence-corrected chi connectivity index (χ0v) is 13.9. The van der Waals surface area contributed by atoms with Crippen LogP contribution in [0.3, 0.4) is 0 Å². The SMILES string of the molecule is CNC(=O)[C@H](C)NC(=O)c1nc(-c2ccc(Br)cc2)cs1. The summed E-state index contributed by atoms with van der Waals surface area (Å²) in [7, 11) is 1.53. The minimum atomic E-state index is -0.595. The molecule has 0 bridgehead atoms. The quantitative estimate of drug-likeness (QED) is 0.871. The molecule has 0 fully saturated rings. The van der Waals surface area contributed by atoms with Gasteiger partial charge in [0, 0.05) is 22.5 Å². The van der Waals surface area contributed by atoms with Crippen molar-refractivity contribution in [3.05, 3.63) is 39.1 Å². The van der Waals surface area contributed by atoms with Crippen molar-refractivity contribution in [2.75, 3.05) is 7.05 Å². The second-order valence-corrected chi connectivity index (χ2v) is 6.13. The Bertz CT molecular complexity index is 654. The van der Waals surface area contributed by atoms with Gasteiger partial charge in [-0.05, 0) is 19.1 Å². The first kappa shape index (κ1) is 15.7. The second kappa shape index (κ2) is 6.82. The summed E-state index contributed by atoms with van der Waals surface area (Å²) in [6.07, 6.45) is 0. The molecule has 0 unspecified atom stereocenters. The summed E-state index contributed by atoms with van der Waals surface area (Å²) in [6.45, 7) is 1.62. The molecule has 0 saturated heterocycles. The third-order valence-corrected chi connectivity index (χ3v) is 4.20. The van der Waals surface area contributed by atoms with Crippen LogP contribution >= 0.6 is 27.3 Å². The van der Waals surface area contributed by atoms with Crippen LogP contribution in [0.25, 0.3) is 11.3 Å². The van der Waals surface area contributed by atoms with Crippen molar-refractivity contribution in [2.24, 2.45) is 0 Å². The molecule has 1 atom stereocenters. The number of hydrogen-bond acceptors (Lipinski definition) is 4. The smallest absolute Gasteiger partial charge is 0.280 e. The summed E-state index contributed by atoms with van der Waals surface area (Å²) in [6, 6.07) is 7.09. The molecule has 0 aliphatic heterocycles. The van der Waals surface area contributed by atoms with Crippen LogP contribution in [0.4, 0.5) is 0 Å². The van der Waals surface area contributed by atoms with Gasteiger partial charge < -0.3 is 10.6 Å². The average Bonchev–Trinajstić information content (AvgIpc) is 2.97. The van der Waals surface area contributed by atoms with Crippen LogP contribution < -0.4 is 10.6 Å². The summed E-state index contributed by atoms with van der Waals surface area (Å²) >= 11 is 4.63. The number of amides is 2. The maximum Gasteiger partial charge on any atom is 0.280 e. The molecular formula is C14H14BrN3O2S. The number of likely N-dealkylation sites (N-methyl/N-ethyl adjacent to an activating group) is 1. The highest BCUT2D eigenvalue weighted by atomic mass is 79.9. The van der Waals surface area contributed by atoms with E-state index in [4.69, 9.17) is 0 Å². The maximum atomic E-state index is 12.0. The van der Waals surface area contributed by atoms with Crippen LogP contribution in [0.5, 0.6) is 0 Å². The fourth-order valence-electron chi connectivity index (χ4n) is 1.67. The van der Waals surface area contributed by atoms with Crippen LogP contribution in [0.15, 0.2) is 34.1 Å². The van der Waals surface area contributed by atoms with E-state index < -0.39 is 6.04 Å². The minimum Gasteiger partial charge on any atom is -0.357 e. The monoisotopic (exact) mass is 367 g/mol. The van der Waals surface area contributed by atoms with Gasteiger partial charge in [-0.25, -0.2) is 4.98 Å². The largest absolute Gasteiger partial charge is 0.357 e. The van der Waals surface area contributed by atoms with Crippen molar-refractivity contribution in [3.8, 4) is 11.3 Å². The fourth-order valence-corrected chi connectivity index (χ4v) is 2.67. The molecule has 21 heavy (non-hydrogen) atoms. The first-order valence-corrected chi connectivity index (χ1v) is 7.92. The maximum absolute atomic E-state index is 12.0. The van der Waals surface area contributed by atoms with Crippen LogP contribution in [0, 0.1) is 0 Å². The second-order valence-electron chi connectivity index (χ2n) is 4.35. The van der Waals surface area contributed by atoms with Gasteiger partial charge in [0.1, 0.15) is 6.04 Å². The van der Waals surface area contributed by atoms with E-state index in [0.717, 1.165) is 15.7 Å². The fraction of sp³-hybridized carbons (Fsp3) is 0.214. The van der Waals surface area contributed by atoms with Gasteiger partial charge >= 0.3 is 0 Å². The summed E-state index contributed by atoms with van der Waals surface area (Å²) < 4.78 is 0.985. The lowest BCUT2D eigenvalue weighted by atomic mass is 10.2. The van der Waals surface area contributed by atoms with Gasteiger partial charge in [-0.3, -0.25) is 9.59 Å². The summed E-state index contributed by atoms with van der Waals surface area (Å²) in [5, 5.41) is 7.25. The number of carbonyl (C=O) groups excluding carboxylic acids is 2. The summed E-state index contributed by atoms with van der Waals surface area (Å²) in [5.41, 5.74) is 1.68. The number of aromatic nitrogens is 1. The Labute approximate surface area is 134 Å². The lowest BCUT2D eigenvalue weighted by molar-refractivity contribution is -0.122. The van der Waals surface area contributed by atoms with Gasteiger partial charge in [-0.2, -0.15) is 0 Å². The predicted molar refractivity (Wildman–Crippen MR) is 86.2 cm³/mol. The van der Waals surface area contributed by atoms with Crippen LogP contribution in [-0.4, -0.2) is 29.9 Å². The van der Waals surface area contributed by atoms with E-state index in [0.29, 0.717) is 5.01 Å². The lowest BCUT2D eigenvalue weighted by Gasteiger charge is -2.10.